The van der Waals surface area contributed by atoms with Crippen molar-refractivity contribution in [3.8, 4) is 0 Å². The summed E-state index contributed by atoms with van der Waals surface area (Å²) < 4.78 is 9.44. The lowest BCUT2D eigenvalue weighted by atomic mass is 10.0. The van der Waals surface area contributed by atoms with Gasteiger partial charge in [0.1, 0.15) is 0 Å². The number of hydrogen-bond acceptors (Lipinski definition) is 6. The van der Waals surface area contributed by atoms with Gasteiger partial charge in [0.25, 0.3) is 0 Å². The average molecular weight is 378 g/mol. The van der Waals surface area contributed by atoms with Crippen molar-refractivity contribution in [3.63, 3.8) is 0 Å². The molecular formula is C15H21ClNO6P. The molecule has 0 aliphatic carbocycles. The molecule has 0 spiro atoms. The Morgan fingerprint density at radius 1 is 1.25 bits per heavy atom. The molecule has 0 saturated heterocycles. The number of hydrogen-bond donors (Lipinski definition) is 3. The molecule has 3 N–H and O–H groups in total. The molecule has 9 heteroatoms. The Morgan fingerprint density at radius 3 is 2.50 bits per heavy atom. The molecule has 0 aliphatic heterocycles. The number of esters is 1. The Labute approximate surface area is 146 Å². The van der Waals surface area contributed by atoms with E-state index in [0.29, 0.717) is 11.4 Å². The number of nitrogens with one attached hydrogen (secondary N) is 1. The van der Waals surface area contributed by atoms with E-state index in [4.69, 9.17) is 21.1 Å². The SMILES string of the molecule is CCCC(=O)OCOC(=O)NC[C@@H](CP(O)O)c1ccc(Cl)cc1. The molecule has 0 heterocycles. The highest BCUT2D eigenvalue weighted by atomic mass is 35.5. The standard InChI is InChI=1S/C15H21ClNO6P/c1-2-3-14(18)22-10-23-15(19)17-8-12(9-24(20)21)11-4-6-13(16)7-5-11/h4-7,12,20-21H,2-3,8-10H2,1H3,(H,17,19)/t12-/m0/s1. The number of carbonyl (C=O) groups is 2. The predicted octanol–water partition coefficient (Wildman–Crippen LogP) is 2.75. The van der Waals surface area contributed by atoms with Gasteiger partial charge < -0.3 is 24.6 Å². The van der Waals surface area contributed by atoms with Gasteiger partial charge in [-0.25, -0.2) is 4.79 Å². The van der Waals surface area contributed by atoms with Crippen molar-refractivity contribution in [1.29, 1.82) is 0 Å². The minimum atomic E-state index is -2.12. The van der Waals surface area contributed by atoms with E-state index in [0.717, 1.165) is 5.56 Å². The van der Waals surface area contributed by atoms with Crippen LogP contribution in [0.3, 0.4) is 0 Å². The van der Waals surface area contributed by atoms with Gasteiger partial charge in [-0.3, -0.25) is 4.79 Å². The highest BCUT2D eigenvalue weighted by Crippen LogP contribution is 2.32. The summed E-state index contributed by atoms with van der Waals surface area (Å²) in [5.74, 6) is -0.742. The molecule has 1 atom stereocenters. The topological polar surface area (TPSA) is 105 Å². The maximum atomic E-state index is 11.6. The fourth-order valence-electron chi connectivity index (χ4n) is 1.90. The zero-order valence-electron chi connectivity index (χ0n) is 13.3. The van der Waals surface area contributed by atoms with Crippen molar-refractivity contribution >= 4 is 32.0 Å². The molecule has 24 heavy (non-hydrogen) atoms. The van der Waals surface area contributed by atoms with Crippen LogP contribution in [0.4, 0.5) is 4.79 Å². The van der Waals surface area contributed by atoms with Crippen LogP contribution < -0.4 is 5.32 Å². The fourth-order valence-corrected chi connectivity index (χ4v) is 2.76. The second kappa shape index (κ2) is 11.2. The first-order valence-electron chi connectivity index (χ1n) is 7.39. The number of ether oxygens (including phenoxy) is 2. The first kappa shape index (κ1) is 20.6. The number of carbonyl (C=O) groups excluding carboxylic acids is 2. The molecule has 0 unspecified atom stereocenters. The molecule has 0 aliphatic rings. The van der Waals surface area contributed by atoms with Crippen LogP contribution in [0, 0.1) is 0 Å². The lowest BCUT2D eigenvalue weighted by Crippen LogP contribution is -2.31. The third-order valence-electron chi connectivity index (χ3n) is 3.08. The van der Waals surface area contributed by atoms with Crippen LogP contribution in [0.5, 0.6) is 0 Å². The van der Waals surface area contributed by atoms with Crippen molar-refractivity contribution in [2.45, 2.75) is 25.7 Å². The van der Waals surface area contributed by atoms with Crippen molar-refractivity contribution in [2.75, 3.05) is 19.5 Å². The fraction of sp³-hybridized carbons (Fsp3) is 0.467. The average Bonchev–Trinajstić information content (AvgIpc) is 2.52. The van der Waals surface area contributed by atoms with Crippen LogP contribution >= 0.6 is 20.0 Å². The third-order valence-corrected chi connectivity index (χ3v) is 4.10. The number of amides is 1. The molecule has 0 fully saturated rings. The lowest BCUT2D eigenvalue weighted by Gasteiger charge is -2.18. The maximum absolute atomic E-state index is 11.6. The van der Waals surface area contributed by atoms with Crippen molar-refractivity contribution in [1.82, 2.24) is 5.32 Å². The molecule has 1 aromatic carbocycles. The van der Waals surface area contributed by atoms with Gasteiger partial charge in [-0.2, -0.15) is 0 Å². The minimum Gasteiger partial charge on any atom is -0.428 e. The van der Waals surface area contributed by atoms with E-state index in [1.165, 1.54) is 0 Å². The molecule has 0 saturated carbocycles. The molecular weight excluding hydrogens is 357 g/mol. The Kier molecular flexibility index (Phi) is 9.64. The summed E-state index contributed by atoms with van der Waals surface area (Å²) in [6.45, 7) is 1.52. The predicted molar refractivity (Wildman–Crippen MR) is 90.8 cm³/mol. The summed E-state index contributed by atoms with van der Waals surface area (Å²) in [5, 5.41) is 3.07. The van der Waals surface area contributed by atoms with Crippen LogP contribution in [-0.4, -0.2) is 41.3 Å². The third kappa shape index (κ3) is 8.45. The van der Waals surface area contributed by atoms with Gasteiger partial charge in [0, 0.05) is 30.1 Å². The minimum absolute atomic E-state index is 0.0999. The van der Waals surface area contributed by atoms with Gasteiger partial charge in [0.05, 0.1) is 0 Å². The summed E-state index contributed by atoms with van der Waals surface area (Å²) in [6, 6.07) is 6.88. The number of halogens is 1. The summed E-state index contributed by atoms with van der Waals surface area (Å²) in [4.78, 5) is 41.2. The Hall–Kier alpha value is -1.40. The van der Waals surface area contributed by atoms with Crippen LogP contribution in [-0.2, 0) is 14.3 Å². The second-order valence-corrected chi connectivity index (χ2v) is 6.55. The van der Waals surface area contributed by atoms with E-state index in [-0.39, 0.29) is 25.0 Å². The van der Waals surface area contributed by atoms with Crippen LogP contribution in [0.2, 0.25) is 5.02 Å². The Morgan fingerprint density at radius 2 is 1.92 bits per heavy atom. The van der Waals surface area contributed by atoms with E-state index in [1.807, 2.05) is 6.92 Å². The van der Waals surface area contributed by atoms with Crippen LogP contribution in [0.25, 0.3) is 0 Å². The van der Waals surface area contributed by atoms with Gasteiger partial charge in [0.15, 0.2) is 8.38 Å². The molecule has 1 amide bonds. The van der Waals surface area contributed by atoms with Crippen LogP contribution in [0.1, 0.15) is 31.2 Å². The van der Waals surface area contributed by atoms with Crippen molar-refractivity contribution < 1.29 is 28.8 Å². The van der Waals surface area contributed by atoms with E-state index < -0.39 is 27.2 Å². The highest BCUT2D eigenvalue weighted by Gasteiger charge is 2.17. The van der Waals surface area contributed by atoms with E-state index in [2.05, 4.69) is 5.32 Å². The number of benzene rings is 1. The van der Waals surface area contributed by atoms with E-state index in [1.54, 1.807) is 24.3 Å². The van der Waals surface area contributed by atoms with Gasteiger partial charge in [-0.1, -0.05) is 30.7 Å². The first-order chi connectivity index (χ1) is 11.4. The zero-order chi connectivity index (χ0) is 17.9. The van der Waals surface area contributed by atoms with Crippen LogP contribution in [0.15, 0.2) is 24.3 Å². The van der Waals surface area contributed by atoms with Gasteiger partial charge >= 0.3 is 12.1 Å². The largest absolute Gasteiger partial charge is 0.428 e. The summed E-state index contributed by atoms with van der Waals surface area (Å²) in [5.41, 5.74) is 0.810. The second-order valence-electron chi connectivity index (χ2n) is 5.00. The van der Waals surface area contributed by atoms with Crippen molar-refractivity contribution in [3.05, 3.63) is 34.9 Å². The molecule has 0 radical (unpaired) electrons. The summed E-state index contributed by atoms with van der Waals surface area (Å²) in [7, 11) is -2.12. The molecule has 0 aromatic heterocycles. The molecule has 134 valence electrons. The Bertz CT molecular complexity index is 525. The maximum Gasteiger partial charge on any atom is 0.410 e. The lowest BCUT2D eigenvalue weighted by molar-refractivity contribution is -0.151. The molecule has 1 aromatic rings. The number of alkyl carbamates (subject to hydrolysis) is 1. The summed E-state index contributed by atoms with van der Waals surface area (Å²) in [6.07, 6.45) is 0.264. The monoisotopic (exact) mass is 377 g/mol. The van der Waals surface area contributed by atoms with Gasteiger partial charge in [-0.05, 0) is 24.1 Å². The smallest absolute Gasteiger partial charge is 0.410 e. The summed E-state index contributed by atoms with van der Waals surface area (Å²) >= 11 is 5.83. The first-order valence-corrected chi connectivity index (χ1v) is 9.20. The highest BCUT2D eigenvalue weighted by molar-refractivity contribution is 7.45. The molecule has 0 bridgehead atoms. The zero-order valence-corrected chi connectivity index (χ0v) is 14.9. The molecule has 7 nitrogen and oxygen atoms in total. The quantitative estimate of drug-likeness (QED) is 0.347. The van der Waals surface area contributed by atoms with Gasteiger partial charge in [-0.15, -0.1) is 0 Å². The normalized spacial score (nSPS) is 11.9. The van der Waals surface area contributed by atoms with Crippen molar-refractivity contribution in [2.24, 2.45) is 0 Å². The van der Waals surface area contributed by atoms with E-state index >= 15 is 0 Å². The Balaban J connectivity index is 2.45. The van der Waals surface area contributed by atoms with E-state index in [9.17, 15) is 19.4 Å². The molecule has 1 rings (SSSR count). The van der Waals surface area contributed by atoms with Gasteiger partial charge in [0.2, 0.25) is 6.79 Å². The number of rotatable bonds is 9.